The molecule has 3 nitrogen and oxygen atoms in total. The van der Waals surface area contributed by atoms with Crippen LogP contribution in [0.4, 0.5) is 0 Å². The predicted octanol–water partition coefficient (Wildman–Crippen LogP) is 0.735. The number of rotatable bonds is 3. The van der Waals surface area contributed by atoms with E-state index in [-0.39, 0.29) is 11.9 Å². The SMILES string of the molecule is CCC(C)N1CCCC1C(N)=O. The zero-order valence-electron chi connectivity index (χ0n) is 7.92. The van der Waals surface area contributed by atoms with Crippen LogP contribution < -0.4 is 5.73 Å². The van der Waals surface area contributed by atoms with Crippen LogP contribution in [0.2, 0.25) is 0 Å². The van der Waals surface area contributed by atoms with Crippen molar-refractivity contribution < 1.29 is 4.79 Å². The van der Waals surface area contributed by atoms with Gasteiger partial charge in [-0.15, -0.1) is 0 Å². The van der Waals surface area contributed by atoms with E-state index in [2.05, 4.69) is 18.7 Å². The molecule has 1 saturated heterocycles. The third-order valence-electron chi connectivity index (χ3n) is 2.78. The van der Waals surface area contributed by atoms with Gasteiger partial charge in [0.05, 0.1) is 6.04 Å². The zero-order valence-corrected chi connectivity index (χ0v) is 7.92. The van der Waals surface area contributed by atoms with Crippen LogP contribution in [-0.2, 0) is 4.79 Å². The van der Waals surface area contributed by atoms with Crippen molar-refractivity contribution >= 4 is 5.91 Å². The average Bonchev–Trinajstić information content (AvgIpc) is 2.50. The van der Waals surface area contributed by atoms with Gasteiger partial charge in [0.25, 0.3) is 0 Å². The second-order valence-electron chi connectivity index (χ2n) is 3.56. The average molecular weight is 170 g/mol. The van der Waals surface area contributed by atoms with Crippen molar-refractivity contribution in [3.63, 3.8) is 0 Å². The number of hydrogen-bond donors (Lipinski definition) is 1. The van der Waals surface area contributed by atoms with Crippen molar-refractivity contribution in [2.45, 2.75) is 45.2 Å². The van der Waals surface area contributed by atoms with Crippen molar-refractivity contribution in [3.05, 3.63) is 0 Å². The minimum absolute atomic E-state index is 0.0000463. The summed E-state index contributed by atoms with van der Waals surface area (Å²) in [5, 5.41) is 0. The van der Waals surface area contributed by atoms with E-state index in [9.17, 15) is 4.79 Å². The van der Waals surface area contributed by atoms with Gasteiger partial charge >= 0.3 is 0 Å². The number of nitrogens with zero attached hydrogens (tertiary/aromatic N) is 1. The molecule has 1 aliphatic heterocycles. The lowest BCUT2D eigenvalue weighted by molar-refractivity contribution is -0.122. The van der Waals surface area contributed by atoms with E-state index in [1.165, 1.54) is 0 Å². The van der Waals surface area contributed by atoms with Gasteiger partial charge in [-0.1, -0.05) is 6.92 Å². The molecule has 1 heterocycles. The molecule has 3 heteroatoms. The van der Waals surface area contributed by atoms with Gasteiger partial charge in [0.15, 0.2) is 0 Å². The highest BCUT2D eigenvalue weighted by atomic mass is 16.1. The lowest BCUT2D eigenvalue weighted by Crippen LogP contribution is -2.44. The second kappa shape index (κ2) is 3.90. The lowest BCUT2D eigenvalue weighted by Gasteiger charge is -2.27. The third-order valence-corrected chi connectivity index (χ3v) is 2.78. The van der Waals surface area contributed by atoms with Crippen LogP contribution in [0.3, 0.4) is 0 Å². The summed E-state index contributed by atoms with van der Waals surface area (Å²) < 4.78 is 0. The number of carbonyl (C=O) groups is 1. The summed E-state index contributed by atoms with van der Waals surface area (Å²) in [5.74, 6) is -0.159. The molecular weight excluding hydrogens is 152 g/mol. The smallest absolute Gasteiger partial charge is 0.234 e. The summed E-state index contributed by atoms with van der Waals surface area (Å²) in [7, 11) is 0. The Bertz CT molecular complexity index is 170. The molecule has 12 heavy (non-hydrogen) atoms. The van der Waals surface area contributed by atoms with Gasteiger partial charge in [-0.25, -0.2) is 0 Å². The van der Waals surface area contributed by atoms with Gasteiger partial charge in [0.1, 0.15) is 0 Å². The Morgan fingerprint density at radius 3 is 2.92 bits per heavy atom. The van der Waals surface area contributed by atoms with E-state index in [1.807, 2.05) is 0 Å². The second-order valence-corrected chi connectivity index (χ2v) is 3.56. The predicted molar refractivity (Wildman–Crippen MR) is 48.7 cm³/mol. The van der Waals surface area contributed by atoms with Crippen molar-refractivity contribution in [1.29, 1.82) is 0 Å². The first-order chi connectivity index (χ1) is 5.66. The van der Waals surface area contributed by atoms with E-state index in [4.69, 9.17) is 5.73 Å². The normalized spacial score (nSPS) is 27.3. The molecule has 0 spiro atoms. The highest BCUT2D eigenvalue weighted by molar-refractivity contribution is 5.80. The van der Waals surface area contributed by atoms with Crippen molar-refractivity contribution in [2.75, 3.05) is 6.54 Å². The molecule has 0 aromatic carbocycles. The standard InChI is InChI=1S/C9H18N2O/c1-3-7(2)11-6-4-5-8(11)9(10)12/h7-8H,3-6H2,1-2H3,(H2,10,12). The monoisotopic (exact) mass is 170 g/mol. The minimum atomic E-state index is -0.159. The van der Waals surface area contributed by atoms with Crippen molar-refractivity contribution in [2.24, 2.45) is 5.73 Å². The first-order valence-electron chi connectivity index (χ1n) is 4.72. The van der Waals surface area contributed by atoms with Gasteiger partial charge in [-0.05, 0) is 32.7 Å². The van der Waals surface area contributed by atoms with Gasteiger partial charge in [-0.3, -0.25) is 9.69 Å². The molecular formula is C9H18N2O. The molecule has 1 rings (SSSR count). The molecule has 2 atom stereocenters. The summed E-state index contributed by atoms with van der Waals surface area (Å²) in [5.41, 5.74) is 5.30. The Hall–Kier alpha value is -0.570. The van der Waals surface area contributed by atoms with E-state index in [1.54, 1.807) is 0 Å². The highest BCUT2D eigenvalue weighted by Crippen LogP contribution is 2.20. The summed E-state index contributed by atoms with van der Waals surface area (Å²) in [4.78, 5) is 13.2. The molecule has 0 bridgehead atoms. The number of amides is 1. The molecule has 2 unspecified atom stereocenters. The Balaban J connectivity index is 2.57. The maximum absolute atomic E-state index is 11.0. The first kappa shape index (κ1) is 9.52. The molecule has 0 aromatic rings. The lowest BCUT2D eigenvalue weighted by atomic mass is 10.1. The van der Waals surface area contributed by atoms with Gasteiger partial charge in [-0.2, -0.15) is 0 Å². The molecule has 0 aliphatic carbocycles. The van der Waals surface area contributed by atoms with E-state index in [0.717, 1.165) is 25.8 Å². The Labute approximate surface area is 73.9 Å². The van der Waals surface area contributed by atoms with Crippen molar-refractivity contribution in [1.82, 2.24) is 4.90 Å². The summed E-state index contributed by atoms with van der Waals surface area (Å²) in [6.07, 6.45) is 3.14. The van der Waals surface area contributed by atoms with Crippen molar-refractivity contribution in [3.8, 4) is 0 Å². The molecule has 1 fully saturated rings. The quantitative estimate of drug-likeness (QED) is 0.679. The van der Waals surface area contributed by atoms with Crippen LogP contribution in [0, 0.1) is 0 Å². The topological polar surface area (TPSA) is 46.3 Å². The summed E-state index contributed by atoms with van der Waals surface area (Å²) in [6, 6.07) is 0.491. The van der Waals surface area contributed by atoms with E-state index < -0.39 is 0 Å². The van der Waals surface area contributed by atoms with Crippen LogP contribution in [-0.4, -0.2) is 29.4 Å². The van der Waals surface area contributed by atoms with Crippen LogP contribution in [0.5, 0.6) is 0 Å². The highest BCUT2D eigenvalue weighted by Gasteiger charge is 2.31. The minimum Gasteiger partial charge on any atom is -0.368 e. The number of nitrogens with two attached hydrogens (primary N) is 1. The fourth-order valence-electron chi connectivity index (χ4n) is 1.86. The van der Waals surface area contributed by atoms with Crippen LogP contribution in [0.25, 0.3) is 0 Å². The van der Waals surface area contributed by atoms with Gasteiger partial charge < -0.3 is 5.73 Å². The fraction of sp³-hybridized carbons (Fsp3) is 0.889. The molecule has 1 aliphatic rings. The molecule has 0 radical (unpaired) electrons. The van der Waals surface area contributed by atoms with Crippen LogP contribution in [0.1, 0.15) is 33.1 Å². The molecule has 2 N–H and O–H groups in total. The van der Waals surface area contributed by atoms with Gasteiger partial charge in [0, 0.05) is 6.04 Å². The fourth-order valence-corrected chi connectivity index (χ4v) is 1.86. The largest absolute Gasteiger partial charge is 0.368 e. The van der Waals surface area contributed by atoms with Gasteiger partial charge in [0.2, 0.25) is 5.91 Å². The molecule has 0 aromatic heterocycles. The third kappa shape index (κ3) is 1.78. The molecule has 0 saturated carbocycles. The van der Waals surface area contributed by atoms with E-state index >= 15 is 0 Å². The summed E-state index contributed by atoms with van der Waals surface area (Å²) in [6.45, 7) is 5.32. The number of likely N-dealkylation sites (tertiary alicyclic amines) is 1. The maximum Gasteiger partial charge on any atom is 0.234 e. The molecule has 70 valence electrons. The zero-order chi connectivity index (χ0) is 9.14. The Kier molecular flexibility index (Phi) is 3.09. The summed E-state index contributed by atoms with van der Waals surface area (Å²) >= 11 is 0. The molecule has 1 amide bonds. The number of carbonyl (C=O) groups excluding carboxylic acids is 1. The first-order valence-corrected chi connectivity index (χ1v) is 4.72. The maximum atomic E-state index is 11.0. The number of hydrogen-bond acceptors (Lipinski definition) is 2. The van der Waals surface area contributed by atoms with E-state index in [0.29, 0.717) is 6.04 Å². The van der Waals surface area contributed by atoms with Crippen LogP contribution >= 0.6 is 0 Å². The van der Waals surface area contributed by atoms with Crippen LogP contribution in [0.15, 0.2) is 0 Å². The Morgan fingerprint density at radius 2 is 2.42 bits per heavy atom. The number of primary amides is 1. The Morgan fingerprint density at radius 1 is 1.75 bits per heavy atom.